The molecule has 0 saturated heterocycles. The Morgan fingerprint density at radius 1 is 1.22 bits per heavy atom. The van der Waals surface area contributed by atoms with Crippen LogP contribution >= 0.6 is 0 Å². The van der Waals surface area contributed by atoms with Crippen molar-refractivity contribution in [3.63, 3.8) is 0 Å². The van der Waals surface area contributed by atoms with Gasteiger partial charge < -0.3 is 9.47 Å². The number of hydrogen-bond acceptors (Lipinski definition) is 3. The molecule has 3 heteroatoms. The van der Waals surface area contributed by atoms with Crippen molar-refractivity contribution < 1.29 is 14.3 Å². The fourth-order valence-corrected chi connectivity index (χ4v) is 1.53. The van der Waals surface area contributed by atoms with Crippen molar-refractivity contribution in [1.82, 2.24) is 0 Å². The Balaban J connectivity index is 2.96. The van der Waals surface area contributed by atoms with Crippen molar-refractivity contribution >= 4 is 5.97 Å². The summed E-state index contributed by atoms with van der Waals surface area (Å²) in [7, 11) is 0. The number of esters is 1. The lowest BCUT2D eigenvalue weighted by Gasteiger charge is -2.16. The molecule has 0 aliphatic carbocycles. The topological polar surface area (TPSA) is 35.5 Å². The second kappa shape index (κ2) is 6.43. The van der Waals surface area contributed by atoms with E-state index < -0.39 is 0 Å². The van der Waals surface area contributed by atoms with Crippen LogP contribution in [-0.2, 0) is 4.74 Å². The highest BCUT2D eigenvalue weighted by Gasteiger charge is 2.17. The van der Waals surface area contributed by atoms with Crippen molar-refractivity contribution in [2.45, 2.75) is 40.7 Å². The third kappa shape index (κ3) is 4.06. The second-order valence-electron chi connectivity index (χ2n) is 5.11. The predicted molar refractivity (Wildman–Crippen MR) is 72.1 cm³/mol. The molecule has 0 bridgehead atoms. The van der Waals surface area contributed by atoms with Crippen molar-refractivity contribution in [1.29, 1.82) is 0 Å². The fraction of sp³-hybridized carbons (Fsp3) is 0.533. The largest absolute Gasteiger partial charge is 0.492 e. The summed E-state index contributed by atoms with van der Waals surface area (Å²) >= 11 is 0. The van der Waals surface area contributed by atoms with Crippen LogP contribution in [0.4, 0.5) is 0 Å². The molecule has 1 rings (SSSR count). The Kier molecular flexibility index (Phi) is 5.20. The van der Waals surface area contributed by atoms with E-state index in [1.165, 1.54) is 0 Å². The molecule has 0 unspecified atom stereocenters. The highest BCUT2D eigenvalue weighted by atomic mass is 16.5. The monoisotopic (exact) mass is 250 g/mol. The molecule has 1 aromatic rings. The van der Waals surface area contributed by atoms with Gasteiger partial charge in [0.2, 0.25) is 0 Å². The van der Waals surface area contributed by atoms with Crippen LogP contribution in [0.15, 0.2) is 18.2 Å². The van der Waals surface area contributed by atoms with Gasteiger partial charge >= 0.3 is 5.97 Å². The van der Waals surface area contributed by atoms with E-state index in [2.05, 4.69) is 13.8 Å². The zero-order chi connectivity index (χ0) is 13.7. The third-order valence-corrected chi connectivity index (χ3v) is 2.34. The van der Waals surface area contributed by atoms with E-state index in [4.69, 9.17) is 9.47 Å². The zero-order valence-electron chi connectivity index (χ0n) is 11.8. The standard InChI is InChI=1S/C15H22O3/c1-10(2)9-17-14-12(5)7-6-8-13(14)15(16)18-11(3)4/h6-8,10-11H,9H2,1-5H3. The average molecular weight is 250 g/mol. The van der Waals surface area contributed by atoms with Crippen LogP contribution in [0.25, 0.3) is 0 Å². The van der Waals surface area contributed by atoms with Crippen LogP contribution in [0, 0.1) is 12.8 Å². The molecule has 3 nitrogen and oxygen atoms in total. The first-order valence-corrected chi connectivity index (χ1v) is 6.35. The second-order valence-corrected chi connectivity index (χ2v) is 5.11. The van der Waals surface area contributed by atoms with Crippen LogP contribution in [0.5, 0.6) is 5.75 Å². The van der Waals surface area contributed by atoms with Crippen LogP contribution in [0.2, 0.25) is 0 Å². The minimum atomic E-state index is -0.326. The van der Waals surface area contributed by atoms with Gasteiger partial charge in [0.05, 0.1) is 12.7 Å². The normalized spacial score (nSPS) is 10.8. The van der Waals surface area contributed by atoms with Crippen LogP contribution < -0.4 is 4.74 Å². The van der Waals surface area contributed by atoms with Gasteiger partial charge in [0.15, 0.2) is 0 Å². The molecule has 0 atom stereocenters. The lowest BCUT2D eigenvalue weighted by molar-refractivity contribution is 0.0372. The summed E-state index contributed by atoms with van der Waals surface area (Å²) in [4.78, 5) is 12.0. The van der Waals surface area contributed by atoms with E-state index in [-0.39, 0.29) is 12.1 Å². The molecule has 0 aromatic heterocycles. The molecule has 100 valence electrons. The number of benzene rings is 1. The number of para-hydroxylation sites is 1. The molecule has 0 saturated carbocycles. The van der Waals surface area contributed by atoms with Crippen LogP contribution in [0.1, 0.15) is 43.6 Å². The van der Waals surface area contributed by atoms with Crippen molar-refractivity contribution in [3.8, 4) is 5.75 Å². The Labute approximate surface area is 109 Å². The minimum Gasteiger partial charge on any atom is -0.492 e. The van der Waals surface area contributed by atoms with E-state index >= 15 is 0 Å². The number of carbonyl (C=O) groups excluding carboxylic acids is 1. The molecule has 0 aliphatic rings. The summed E-state index contributed by atoms with van der Waals surface area (Å²) in [5.74, 6) is 0.725. The van der Waals surface area contributed by atoms with Gasteiger partial charge in [-0.2, -0.15) is 0 Å². The maximum absolute atomic E-state index is 12.0. The van der Waals surface area contributed by atoms with E-state index in [0.717, 1.165) is 5.56 Å². The minimum absolute atomic E-state index is 0.129. The maximum atomic E-state index is 12.0. The molecular formula is C15H22O3. The molecule has 0 radical (unpaired) electrons. The van der Waals surface area contributed by atoms with Gasteiger partial charge in [0.25, 0.3) is 0 Å². The molecule has 0 fully saturated rings. The smallest absolute Gasteiger partial charge is 0.342 e. The predicted octanol–water partition coefficient (Wildman–Crippen LogP) is 3.60. The van der Waals surface area contributed by atoms with Gasteiger partial charge in [0.1, 0.15) is 11.3 Å². The molecule has 18 heavy (non-hydrogen) atoms. The van der Waals surface area contributed by atoms with Crippen molar-refractivity contribution in [3.05, 3.63) is 29.3 Å². The summed E-state index contributed by atoms with van der Waals surface area (Å²) < 4.78 is 11.0. The fourth-order valence-electron chi connectivity index (χ4n) is 1.53. The summed E-state index contributed by atoms with van der Waals surface area (Å²) in [5, 5.41) is 0. The van der Waals surface area contributed by atoms with E-state index in [1.54, 1.807) is 6.07 Å². The number of rotatable bonds is 5. The average Bonchev–Trinajstić information content (AvgIpc) is 2.25. The Hall–Kier alpha value is -1.51. The maximum Gasteiger partial charge on any atom is 0.342 e. The molecule has 0 N–H and O–H groups in total. The highest BCUT2D eigenvalue weighted by Crippen LogP contribution is 2.25. The molecule has 0 spiro atoms. The molecule has 0 aliphatic heterocycles. The van der Waals surface area contributed by atoms with E-state index in [1.807, 2.05) is 32.9 Å². The molecule has 1 aromatic carbocycles. The number of carbonyl (C=O) groups is 1. The molecular weight excluding hydrogens is 228 g/mol. The van der Waals surface area contributed by atoms with Gasteiger partial charge in [-0.1, -0.05) is 26.0 Å². The number of aryl methyl sites for hydroxylation is 1. The summed E-state index contributed by atoms with van der Waals surface area (Å²) in [6.45, 7) is 10.3. The summed E-state index contributed by atoms with van der Waals surface area (Å²) in [5.41, 5.74) is 1.46. The van der Waals surface area contributed by atoms with Gasteiger partial charge in [-0.3, -0.25) is 0 Å². The molecule has 0 heterocycles. The quantitative estimate of drug-likeness (QED) is 0.749. The van der Waals surface area contributed by atoms with Crippen molar-refractivity contribution in [2.24, 2.45) is 5.92 Å². The van der Waals surface area contributed by atoms with E-state index in [9.17, 15) is 4.79 Å². The highest BCUT2D eigenvalue weighted by molar-refractivity contribution is 5.93. The summed E-state index contributed by atoms with van der Waals surface area (Å²) in [6, 6.07) is 5.52. The first-order chi connectivity index (χ1) is 8.41. The van der Waals surface area contributed by atoms with Gasteiger partial charge in [-0.25, -0.2) is 4.79 Å². The lowest BCUT2D eigenvalue weighted by atomic mass is 10.1. The van der Waals surface area contributed by atoms with Crippen LogP contribution in [-0.4, -0.2) is 18.7 Å². The third-order valence-electron chi connectivity index (χ3n) is 2.34. The summed E-state index contributed by atoms with van der Waals surface area (Å²) in [6.07, 6.45) is -0.129. The number of ether oxygens (including phenoxy) is 2. The first-order valence-electron chi connectivity index (χ1n) is 6.35. The van der Waals surface area contributed by atoms with Gasteiger partial charge in [0, 0.05) is 0 Å². The van der Waals surface area contributed by atoms with E-state index in [0.29, 0.717) is 23.8 Å². The lowest BCUT2D eigenvalue weighted by Crippen LogP contribution is -2.15. The van der Waals surface area contributed by atoms with Crippen LogP contribution in [0.3, 0.4) is 0 Å². The van der Waals surface area contributed by atoms with Crippen molar-refractivity contribution in [2.75, 3.05) is 6.61 Å². The SMILES string of the molecule is Cc1cccc(C(=O)OC(C)C)c1OCC(C)C. The van der Waals surface area contributed by atoms with Gasteiger partial charge in [-0.05, 0) is 38.3 Å². The Morgan fingerprint density at radius 2 is 1.89 bits per heavy atom. The van der Waals surface area contributed by atoms with Gasteiger partial charge in [-0.15, -0.1) is 0 Å². The first kappa shape index (κ1) is 14.6. The Morgan fingerprint density at radius 3 is 2.44 bits per heavy atom. The Bertz CT molecular complexity index is 408. The number of hydrogen-bond donors (Lipinski definition) is 0. The zero-order valence-corrected chi connectivity index (χ0v) is 11.8. The molecule has 0 amide bonds.